The Bertz CT molecular complexity index is 561. The molecule has 20 heavy (non-hydrogen) atoms. The topological polar surface area (TPSA) is 45.0 Å². The summed E-state index contributed by atoms with van der Waals surface area (Å²) in [5, 5.41) is 11.9. The molecule has 0 aliphatic carbocycles. The van der Waals surface area contributed by atoms with Crippen LogP contribution in [0.25, 0.3) is 0 Å². The van der Waals surface area contributed by atoms with Crippen molar-refractivity contribution in [3.05, 3.63) is 54.6 Å². The number of rotatable bonds is 7. The lowest BCUT2D eigenvalue weighted by Gasteiger charge is -2.12. The maximum atomic E-state index is 8.50. The smallest absolute Gasteiger partial charge is 0.150 e. The van der Waals surface area contributed by atoms with Gasteiger partial charge in [-0.3, -0.25) is 0 Å². The van der Waals surface area contributed by atoms with E-state index in [2.05, 4.69) is 11.4 Å². The Kier molecular flexibility index (Phi) is 5.48. The second-order valence-corrected chi connectivity index (χ2v) is 4.45. The average molecular weight is 266 g/mol. The molecule has 0 unspecified atom stereocenters. The van der Waals surface area contributed by atoms with E-state index >= 15 is 0 Å². The lowest BCUT2D eigenvalue weighted by Crippen LogP contribution is -2.02. The number of hydrogen-bond donors (Lipinski definition) is 1. The molecule has 1 N–H and O–H groups in total. The minimum atomic E-state index is 0.615. The molecule has 0 saturated carbocycles. The molecular formula is C17H18N2O. The van der Waals surface area contributed by atoms with Crippen LogP contribution < -0.4 is 10.1 Å². The average Bonchev–Trinajstić information content (AvgIpc) is 2.50. The van der Waals surface area contributed by atoms with Gasteiger partial charge in [-0.25, -0.2) is 0 Å². The van der Waals surface area contributed by atoms with Gasteiger partial charge in [0.25, 0.3) is 0 Å². The van der Waals surface area contributed by atoms with Crippen LogP contribution in [0.2, 0.25) is 0 Å². The summed E-state index contributed by atoms with van der Waals surface area (Å²) in [6, 6.07) is 19.8. The molecule has 0 aromatic heterocycles. The van der Waals surface area contributed by atoms with Crippen molar-refractivity contribution in [2.45, 2.75) is 19.3 Å². The highest BCUT2D eigenvalue weighted by atomic mass is 16.5. The van der Waals surface area contributed by atoms with E-state index in [0.29, 0.717) is 6.42 Å². The number of ether oxygens (including phenoxy) is 1. The van der Waals surface area contributed by atoms with E-state index in [0.717, 1.165) is 36.6 Å². The van der Waals surface area contributed by atoms with E-state index < -0.39 is 0 Å². The lowest BCUT2D eigenvalue weighted by molar-refractivity contribution is 0.484. The molecule has 0 aliphatic heterocycles. The first-order valence-electron chi connectivity index (χ1n) is 6.83. The van der Waals surface area contributed by atoms with Gasteiger partial charge in [-0.2, -0.15) is 5.26 Å². The van der Waals surface area contributed by atoms with Crippen LogP contribution in [0.5, 0.6) is 11.5 Å². The molecule has 0 aliphatic rings. The first-order valence-corrected chi connectivity index (χ1v) is 6.83. The molecule has 0 fully saturated rings. The highest BCUT2D eigenvalue weighted by Gasteiger charge is 2.03. The molecule has 0 amide bonds. The largest absolute Gasteiger partial charge is 0.455 e. The van der Waals surface area contributed by atoms with Crippen molar-refractivity contribution >= 4 is 5.69 Å². The summed E-state index contributed by atoms with van der Waals surface area (Å²) in [6.07, 6.45) is 2.52. The van der Waals surface area contributed by atoms with Crippen molar-refractivity contribution in [2.24, 2.45) is 0 Å². The van der Waals surface area contributed by atoms with Gasteiger partial charge in [0.2, 0.25) is 0 Å². The number of unbranched alkanes of at least 4 members (excludes halogenated alkanes) is 2. The Morgan fingerprint density at radius 2 is 1.70 bits per heavy atom. The third-order valence-electron chi connectivity index (χ3n) is 2.89. The number of nitrogens with zero attached hydrogens (tertiary/aromatic N) is 1. The highest BCUT2D eigenvalue weighted by molar-refractivity contribution is 5.57. The Morgan fingerprint density at radius 3 is 2.50 bits per heavy atom. The zero-order chi connectivity index (χ0) is 14.0. The molecule has 2 aromatic rings. The van der Waals surface area contributed by atoms with E-state index in [4.69, 9.17) is 10.00 Å². The van der Waals surface area contributed by atoms with Crippen LogP contribution in [0.15, 0.2) is 54.6 Å². The number of nitriles is 1. The summed E-state index contributed by atoms with van der Waals surface area (Å²) in [5.74, 6) is 1.64. The van der Waals surface area contributed by atoms with E-state index in [9.17, 15) is 0 Å². The maximum Gasteiger partial charge on any atom is 0.150 e. The number of benzene rings is 2. The third-order valence-corrected chi connectivity index (χ3v) is 2.89. The minimum Gasteiger partial charge on any atom is -0.455 e. The summed E-state index contributed by atoms with van der Waals surface area (Å²) < 4.78 is 5.87. The molecule has 0 heterocycles. The maximum absolute atomic E-state index is 8.50. The Labute approximate surface area is 119 Å². The zero-order valence-corrected chi connectivity index (χ0v) is 11.4. The van der Waals surface area contributed by atoms with Crippen molar-refractivity contribution in [1.82, 2.24) is 0 Å². The van der Waals surface area contributed by atoms with Crippen molar-refractivity contribution in [2.75, 3.05) is 11.9 Å². The molecule has 2 aromatic carbocycles. The standard InChI is InChI=1S/C17H18N2O/c18-13-7-2-8-14-19-16-11-5-6-12-17(16)20-15-9-3-1-4-10-15/h1,3-6,9-12,19H,2,7-8,14H2. The highest BCUT2D eigenvalue weighted by Crippen LogP contribution is 2.28. The minimum absolute atomic E-state index is 0.615. The fourth-order valence-electron chi connectivity index (χ4n) is 1.87. The molecule has 0 radical (unpaired) electrons. The van der Waals surface area contributed by atoms with E-state index in [-0.39, 0.29) is 0 Å². The Morgan fingerprint density at radius 1 is 0.950 bits per heavy atom. The van der Waals surface area contributed by atoms with Crippen molar-refractivity contribution in [3.63, 3.8) is 0 Å². The first kappa shape index (κ1) is 14.0. The van der Waals surface area contributed by atoms with Crippen molar-refractivity contribution in [3.8, 4) is 17.6 Å². The van der Waals surface area contributed by atoms with Crippen LogP contribution in [0, 0.1) is 11.3 Å². The van der Waals surface area contributed by atoms with Gasteiger partial charge in [0.05, 0.1) is 11.8 Å². The molecule has 0 bridgehead atoms. The van der Waals surface area contributed by atoms with E-state index in [1.165, 1.54) is 0 Å². The van der Waals surface area contributed by atoms with Crippen molar-refractivity contribution < 1.29 is 4.74 Å². The molecule has 3 nitrogen and oxygen atoms in total. The predicted octanol–water partition coefficient (Wildman–Crippen LogP) is 4.58. The van der Waals surface area contributed by atoms with Crippen LogP contribution in [0.3, 0.4) is 0 Å². The number of nitrogens with one attached hydrogen (secondary N) is 1. The zero-order valence-electron chi connectivity index (χ0n) is 11.4. The van der Waals surface area contributed by atoms with Crippen LogP contribution in [-0.4, -0.2) is 6.54 Å². The fourth-order valence-corrected chi connectivity index (χ4v) is 1.87. The molecule has 102 valence electrons. The monoisotopic (exact) mass is 266 g/mol. The fraction of sp³-hybridized carbons (Fsp3) is 0.235. The van der Waals surface area contributed by atoms with Crippen LogP contribution in [0.4, 0.5) is 5.69 Å². The SMILES string of the molecule is N#CCCCCNc1ccccc1Oc1ccccc1. The first-order chi connectivity index (χ1) is 9.90. The van der Waals surface area contributed by atoms with Gasteiger partial charge in [0.1, 0.15) is 5.75 Å². The molecule has 3 heteroatoms. The quantitative estimate of drug-likeness (QED) is 0.746. The number of hydrogen-bond acceptors (Lipinski definition) is 3. The Balaban J connectivity index is 1.94. The molecule has 0 atom stereocenters. The number of para-hydroxylation sites is 3. The third kappa shape index (κ3) is 4.33. The molecule has 0 spiro atoms. The van der Waals surface area contributed by atoms with E-state index in [1.807, 2.05) is 54.6 Å². The van der Waals surface area contributed by atoms with Crippen LogP contribution >= 0.6 is 0 Å². The predicted molar refractivity (Wildman–Crippen MR) is 80.9 cm³/mol. The van der Waals surface area contributed by atoms with Gasteiger partial charge in [-0.15, -0.1) is 0 Å². The molecule has 0 saturated heterocycles. The summed E-state index contributed by atoms with van der Waals surface area (Å²) >= 11 is 0. The van der Waals surface area contributed by atoms with Crippen LogP contribution in [-0.2, 0) is 0 Å². The summed E-state index contributed by atoms with van der Waals surface area (Å²) in [4.78, 5) is 0. The van der Waals surface area contributed by atoms with Crippen molar-refractivity contribution in [1.29, 1.82) is 5.26 Å². The van der Waals surface area contributed by atoms with Gasteiger partial charge >= 0.3 is 0 Å². The van der Waals surface area contributed by atoms with E-state index in [1.54, 1.807) is 0 Å². The second-order valence-electron chi connectivity index (χ2n) is 4.45. The summed E-state index contributed by atoms with van der Waals surface area (Å²) in [7, 11) is 0. The van der Waals surface area contributed by atoms with Crippen LogP contribution in [0.1, 0.15) is 19.3 Å². The molecule has 2 rings (SSSR count). The summed E-state index contributed by atoms with van der Waals surface area (Å²) in [5.41, 5.74) is 0.980. The van der Waals surface area contributed by atoms with Gasteiger partial charge in [-0.05, 0) is 37.1 Å². The number of anilines is 1. The van der Waals surface area contributed by atoms with Gasteiger partial charge in [0, 0.05) is 13.0 Å². The second kappa shape index (κ2) is 7.85. The van der Waals surface area contributed by atoms with Gasteiger partial charge in [-0.1, -0.05) is 30.3 Å². The van der Waals surface area contributed by atoms with Gasteiger partial charge < -0.3 is 10.1 Å². The molecular weight excluding hydrogens is 248 g/mol. The normalized spacial score (nSPS) is 9.75. The lowest BCUT2D eigenvalue weighted by atomic mass is 10.2. The summed E-state index contributed by atoms with van der Waals surface area (Å²) in [6.45, 7) is 0.844. The Hall–Kier alpha value is -2.47. The van der Waals surface area contributed by atoms with Gasteiger partial charge in [0.15, 0.2) is 5.75 Å².